The number of furan rings is 1. The second kappa shape index (κ2) is 5.51. The van der Waals surface area contributed by atoms with E-state index in [0.717, 1.165) is 40.6 Å². The third-order valence-electron chi connectivity index (χ3n) is 4.56. The number of nitrogens with one attached hydrogen (secondary N) is 1. The SMILES string of the molecule is CN1C2CCC1CC(CNCc1ccc(I)o1)C2. The van der Waals surface area contributed by atoms with Gasteiger partial charge >= 0.3 is 0 Å². The van der Waals surface area contributed by atoms with Gasteiger partial charge in [-0.15, -0.1) is 0 Å². The zero-order chi connectivity index (χ0) is 12.5. The Morgan fingerprint density at radius 1 is 1.33 bits per heavy atom. The Kier molecular flexibility index (Phi) is 3.96. The van der Waals surface area contributed by atoms with Gasteiger partial charge in [0.1, 0.15) is 5.76 Å². The van der Waals surface area contributed by atoms with Crippen molar-refractivity contribution >= 4 is 22.6 Å². The molecule has 2 aliphatic rings. The molecule has 0 saturated carbocycles. The second-order valence-electron chi connectivity index (χ2n) is 5.72. The van der Waals surface area contributed by atoms with Gasteiger partial charge in [-0.05, 0) is 79.9 Å². The smallest absolute Gasteiger partial charge is 0.164 e. The average molecular weight is 360 g/mol. The van der Waals surface area contributed by atoms with Gasteiger partial charge in [0.05, 0.1) is 6.54 Å². The van der Waals surface area contributed by atoms with Crippen molar-refractivity contribution in [3.63, 3.8) is 0 Å². The van der Waals surface area contributed by atoms with Crippen LogP contribution in [0.3, 0.4) is 0 Å². The van der Waals surface area contributed by atoms with E-state index in [1.807, 2.05) is 6.07 Å². The Morgan fingerprint density at radius 3 is 2.67 bits per heavy atom. The minimum Gasteiger partial charge on any atom is -0.454 e. The predicted octanol–water partition coefficient (Wildman–Crippen LogP) is 2.85. The fourth-order valence-electron chi connectivity index (χ4n) is 3.54. The van der Waals surface area contributed by atoms with Crippen molar-refractivity contribution in [2.45, 2.75) is 44.3 Å². The van der Waals surface area contributed by atoms with Crippen molar-refractivity contribution in [1.82, 2.24) is 10.2 Å². The van der Waals surface area contributed by atoms with Crippen molar-refractivity contribution in [3.8, 4) is 0 Å². The third kappa shape index (κ3) is 2.75. The summed E-state index contributed by atoms with van der Waals surface area (Å²) in [5.74, 6) is 1.91. The molecule has 4 heteroatoms. The molecule has 0 aromatic carbocycles. The molecule has 2 saturated heterocycles. The van der Waals surface area contributed by atoms with Crippen LogP contribution < -0.4 is 5.32 Å². The Bertz CT molecular complexity index is 392. The van der Waals surface area contributed by atoms with E-state index in [2.05, 4.69) is 45.9 Å². The quantitative estimate of drug-likeness (QED) is 0.838. The number of rotatable bonds is 4. The summed E-state index contributed by atoms with van der Waals surface area (Å²) >= 11 is 2.21. The second-order valence-corrected chi connectivity index (χ2v) is 6.79. The Morgan fingerprint density at radius 2 is 2.06 bits per heavy atom. The van der Waals surface area contributed by atoms with Crippen molar-refractivity contribution in [1.29, 1.82) is 0 Å². The minimum atomic E-state index is 0.847. The van der Waals surface area contributed by atoms with E-state index in [-0.39, 0.29) is 0 Å². The summed E-state index contributed by atoms with van der Waals surface area (Å²) in [6.07, 6.45) is 5.56. The Hall–Kier alpha value is -0.0700. The molecule has 2 fully saturated rings. The summed E-state index contributed by atoms with van der Waals surface area (Å²) in [5.41, 5.74) is 0. The maximum absolute atomic E-state index is 5.56. The van der Waals surface area contributed by atoms with Gasteiger partial charge in [0.2, 0.25) is 0 Å². The maximum atomic E-state index is 5.56. The molecule has 0 amide bonds. The highest BCUT2D eigenvalue weighted by atomic mass is 127. The normalized spacial score (nSPS) is 32.0. The first-order chi connectivity index (χ1) is 8.72. The molecule has 2 aliphatic heterocycles. The predicted molar refractivity (Wildman–Crippen MR) is 80.4 cm³/mol. The number of nitrogens with zero attached hydrogens (tertiary/aromatic N) is 1. The van der Waals surface area contributed by atoms with Crippen molar-refractivity contribution in [2.24, 2.45) is 5.92 Å². The van der Waals surface area contributed by atoms with Crippen molar-refractivity contribution < 1.29 is 4.42 Å². The lowest BCUT2D eigenvalue weighted by Gasteiger charge is -2.36. The number of fused-ring (bicyclic) bond motifs is 2. The van der Waals surface area contributed by atoms with Crippen LogP contribution >= 0.6 is 22.6 Å². The summed E-state index contributed by atoms with van der Waals surface area (Å²) in [6, 6.07) is 5.78. The molecular weight excluding hydrogens is 339 g/mol. The zero-order valence-electron chi connectivity index (χ0n) is 10.9. The lowest BCUT2D eigenvalue weighted by molar-refractivity contribution is 0.132. The standard InChI is InChI=1S/C14H21IN2O/c1-17-11-2-3-12(17)7-10(6-11)8-16-9-13-4-5-14(15)18-13/h4-5,10-12,16H,2-3,6-9H2,1H3. The number of piperidine rings is 1. The van der Waals surface area contributed by atoms with Gasteiger partial charge < -0.3 is 14.6 Å². The molecule has 0 spiro atoms. The molecule has 3 rings (SSSR count). The van der Waals surface area contributed by atoms with Crippen LogP contribution in [0.5, 0.6) is 0 Å². The van der Waals surface area contributed by atoms with E-state index in [9.17, 15) is 0 Å². The highest BCUT2D eigenvalue weighted by Gasteiger charge is 2.37. The van der Waals surface area contributed by atoms with E-state index >= 15 is 0 Å². The first-order valence-electron chi connectivity index (χ1n) is 6.89. The first kappa shape index (κ1) is 12.9. The topological polar surface area (TPSA) is 28.4 Å². The summed E-state index contributed by atoms with van der Waals surface area (Å²) in [4.78, 5) is 2.60. The van der Waals surface area contributed by atoms with Gasteiger partial charge in [-0.2, -0.15) is 0 Å². The highest BCUT2D eigenvalue weighted by Crippen LogP contribution is 2.36. The molecule has 1 N–H and O–H groups in total. The third-order valence-corrected chi connectivity index (χ3v) is 5.14. The van der Waals surface area contributed by atoms with Gasteiger partial charge in [-0.3, -0.25) is 0 Å². The van der Waals surface area contributed by atoms with Gasteiger partial charge in [-0.25, -0.2) is 0 Å². The molecular formula is C14H21IN2O. The van der Waals surface area contributed by atoms with Gasteiger partial charge in [0.15, 0.2) is 3.77 Å². The van der Waals surface area contributed by atoms with Crippen LogP contribution in [-0.4, -0.2) is 30.6 Å². The molecule has 18 heavy (non-hydrogen) atoms. The Balaban J connectivity index is 1.44. The minimum absolute atomic E-state index is 0.847. The highest BCUT2D eigenvalue weighted by molar-refractivity contribution is 14.1. The molecule has 2 atom stereocenters. The van der Waals surface area contributed by atoms with Crippen molar-refractivity contribution in [3.05, 3.63) is 21.7 Å². The van der Waals surface area contributed by atoms with Crippen LogP contribution in [-0.2, 0) is 6.54 Å². The van der Waals surface area contributed by atoms with Crippen LogP contribution in [0.2, 0.25) is 0 Å². The molecule has 3 heterocycles. The number of hydrogen-bond acceptors (Lipinski definition) is 3. The summed E-state index contributed by atoms with van der Waals surface area (Å²) in [6.45, 7) is 2.00. The fourth-order valence-corrected chi connectivity index (χ4v) is 4.00. The molecule has 0 aliphatic carbocycles. The summed E-state index contributed by atoms with van der Waals surface area (Å²) in [7, 11) is 2.30. The molecule has 2 bridgehead atoms. The lowest BCUT2D eigenvalue weighted by atomic mass is 9.91. The van der Waals surface area contributed by atoms with Crippen LogP contribution in [0.25, 0.3) is 0 Å². The van der Waals surface area contributed by atoms with Gasteiger partial charge in [-0.1, -0.05) is 0 Å². The van der Waals surface area contributed by atoms with Crippen LogP contribution in [0, 0.1) is 9.68 Å². The molecule has 100 valence electrons. The van der Waals surface area contributed by atoms with Gasteiger partial charge in [0, 0.05) is 12.1 Å². The van der Waals surface area contributed by atoms with Crippen LogP contribution in [0.15, 0.2) is 16.5 Å². The van der Waals surface area contributed by atoms with Gasteiger partial charge in [0.25, 0.3) is 0 Å². The first-order valence-corrected chi connectivity index (χ1v) is 7.97. The van der Waals surface area contributed by atoms with E-state index in [1.165, 1.54) is 25.7 Å². The van der Waals surface area contributed by atoms with E-state index in [0.29, 0.717) is 0 Å². The van der Waals surface area contributed by atoms with E-state index in [1.54, 1.807) is 0 Å². The number of hydrogen-bond donors (Lipinski definition) is 1. The fraction of sp³-hybridized carbons (Fsp3) is 0.714. The summed E-state index contributed by atoms with van der Waals surface area (Å²) in [5, 5.41) is 3.55. The number of halogens is 1. The summed E-state index contributed by atoms with van der Waals surface area (Å²) < 4.78 is 6.53. The lowest BCUT2D eigenvalue weighted by Crippen LogP contribution is -2.42. The van der Waals surface area contributed by atoms with Crippen LogP contribution in [0.4, 0.5) is 0 Å². The molecule has 2 unspecified atom stereocenters. The van der Waals surface area contributed by atoms with Crippen LogP contribution in [0.1, 0.15) is 31.4 Å². The zero-order valence-corrected chi connectivity index (χ0v) is 13.0. The molecule has 0 radical (unpaired) electrons. The molecule has 1 aromatic rings. The molecule has 1 aromatic heterocycles. The van der Waals surface area contributed by atoms with Crippen molar-refractivity contribution in [2.75, 3.05) is 13.6 Å². The Labute approximate surface area is 122 Å². The average Bonchev–Trinajstić information content (AvgIpc) is 2.82. The largest absolute Gasteiger partial charge is 0.454 e. The maximum Gasteiger partial charge on any atom is 0.164 e. The van der Waals surface area contributed by atoms with E-state index < -0.39 is 0 Å². The molecule has 3 nitrogen and oxygen atoms in total. The monoisotopic (exact) mass is 360 g/mol. The van der Waals surface area contributed by atoms with E-state index in [4.69, 9.17) is 4.42 Å².